The van der Waals surface area contributed by atoms with Crippen LogP contribution in [-0.4, -0.2) is 5.75 Å². The van der Waals surface area contributed by atoms with Crippen molar-refractivity contribution in [2.24, 2.45) is 0 Å². The van der Waals surface area contributed by atoms with Gasteiger partial charge in [0.1, 0.15) is 0 Å². The van der Waals surface area contributed by atoms with E-state index in [-0.39, 0.29) is 4.75 Å². The molecule has 96 valence electrons. The number of thioether (sulfide) groups is 1. The van der Waals surface area contributed by atoms with E-state index in [1.165, 1.54) is 41.7 Å². The van der Waals surface area contributed by atoms with Crippen LogP contribution in [0.1, 0.15) is 36.0 Å². The van der Waals surface area contributed by atoms with E-state index in [1.54, 1.807) is 11.1 Å². The van der Waals surface area contributed by atoms with Crippen LogP contribution >= 0.6 is 11.8 Å². The van der Waals surface area contributed by atoms with Gasteiger partial charge in [0.2, 0.25) is 0 Å². The average molecular weight is 266 g/mol. The first-order chi connectivity index (χ1) is 9.31. The number of rotatable bonds is 0. The Bertz CT molecular complexity index is 636. The molecule has 4 rings (SSSR count). The first kappa shape index (κ1) is 11.6. The molecule has 1 aliphatic carbocycles. The second-order valence-electron chi connectivity index (χ2n) is 5.73. The van der Waals surface area contributed by atoms with Crippen molar-refractivity contribution in [2.45, 2.75) is 30.9 Å². The fourth-order valence-corrected chi connectivity index (χ4v) is 5.31. The topological polar surface area (TPSA) is 0 Å². The zero-order valence-corrected chi connectivity index (χ0v) is 12.1. The van der Waals surface area contributed by atoms with Crippen molar-refractivity contribution in [3.8, 4) is 11.1 Å². The molecule has 1 spiro atoms. The molecule has 19 heavy (non-hydrogen) atoms. The van der Waals surface area contributed by atoms with E-state index in [0.717, 1.165) is 0 Å². The molecule has 1 aliphatic heterocycles. The van der Waals surface area contributed by atoms with Gasteiger partial charge in [-0.2, -0.15) is 0 Å². The Morgan fingerprint density at radius 2 is 1.79 bits per heavy atom. The summed E-state index contributed by atoms with van der Waals surface area (Å²) in [5.74, 6) is 1.29. The summed E-state index contributed by atoms with van der Waals surface area (Å²) >= 11 is 2.17. The molecule has 1 saturated heterocycles. The summed E-state index contributed by atoms with van der Waals surface area (Å²) in [4.78, 5) is 0. The van der Waals surface area contributed by atoms with Crippen LogP contribution in [0.3, 0.4) is 0 Å². The minimum Gasteiger partial charge on any atom is -0.145 e. The molecular formula is C18H18S. The highest BCUT2D eigenvalue weighted by molar-refractivity contribution is 8.00. The minimum absolute atomic E-state index is 0.246. The second-order valence-corrected chi connectivity index (χ2v) is 7.12. The fourth-order valence-electron chi connectivity index (χ4n) is 3.66. The first-order valence-corrected chi connectivity index (χ1v) is 8.15. The van der Waals surface area contributed by atoms with Gasteiger partial charge in [0.05, 0.1) is 4.75 Å². The molecule has 0 aromatic heterocycles. The summed E-state index contributed by atoms with van der Waals surface area (Å²) in [6, 6.07) is 16.0. The third kappa shape index (κ3) is 1.54. The molecule has 2 aromatic carbocycles. The predicted octanol–water partition coefficient (Wildman–Crippen LogP) is 5.14. The van der Waals surface area contributed by atoms with Gasteiger partial charge in [-0.15, -0.1) is 11.8 Å². The molecule has 0 radical (unpaired) electrons. The van der Waals surface area contributed by atoms with Gasteiger partial charge in [0, 0.05) is 0 Å². The third-order valence-electron chi connectivity index (χ3n) is 4.53. The lowest BCUT2D eigenvalue weighted by atomic mass is 9.89. The Kier molecular flexibility index (Phi) is 2.53. The van der Waals surface area contributed by atoms with Crippen molar-refractivity contribution in [2.75, 3.05) is 5.75 Å². The quantitative estimate of drug-likeness (QED) is 0.636. The number of benzene rings is 2. The van der Waals surface area contributed by atoms with Crippen molar-refractivity contribution in [1.29, 1.82) is 0 Å². The molecule has 0 bridgehead atoms. The molecule has 1 heterocycles. The molecule has 1 heteroatoms. The van der Waals surface area contributed by atoms with Crippen molar-refractivity contribution in [3.05, 3.63) is 59.2 Å². The number of hydrogen-bond donors (Lipinski definition) is 0. The van der Waals surface area contributed by atoms with Crippen LogP contribution < -0.4 is 0 Å². The van der Waals surface area contributed by atoms with Gasteiger partial charge in [0.15, 0.2) is 0 Å². The smallest absolute Gasteiger partial charge is 0.0669 e. The lowest BCUT2D eigenvalue weighted by molar-refractivity contribution is 0.597. The van der Waals surface area contributed by atoms with Crippen molar-refractivity contribution in [1.82, 2.24) is 0 Å². The van der Waals surface area contributed by atoms with Crippen molar-refractivity contribution in [3.63, 3.8) is 0 Å². The highest BCUT2D eigenvalue weighted by Crippen LogP contribution is 2.59. The van der Waals surface area contributed by atoms with Gasteiger partial charge in [-0.3, -0.25) is 0 Å². The van der Waals surface area contributed by atoms with E-state index < -0.39 is 0 Å². The maximum atomic E-state index is 2.42. The van der Waals surface area contributed by atoms with Gasteiger partial charge in [0.25, 0.3) is 0 Å². The summed E-state index contributed by atoms with van der Waals surface area (Å²) in [5.41, 5.74) is 7.44. The molecule has 0 amide bonds. The van der Waals surface area contributed by atoms with Crippen LogP contribution in [0.2, 0.25) is 0 Å². The molecule has 0 saturated carbocycles. The summed E-state index contributed by atoms with van der Waals surface area (Å²) in [6.45, 7) is 2.21. The summed E-state index contributed by atoms with van der Waals surface area (Å²) < 4.78 is 0.246. The van der Waals surface area contributed by atoms with Gasteiger partial charge >= 0.3 is 0 Å². The molecule has 2 aliphatic rings. The SMILES string of the molecule is Cc1ccc2c(c1)C1(CCCCS1)c1ccccc1-2. The van der Waals surface area contributed by atoms with E-state index in [1.807, 2.05) is 0 Å². The van der Waals surface area contributed by atoms with Crippen LogP contribution in [0.25, 0.3) is 11.1 Å². The lowest BCUT2D eigenvalue weighted by Crippen LogP contribution is -2.24. The molecule has 0 nitrogen and oxygen atoms in total. The van der Waals surface area contributed by atoms with Crippen LogP contribution in [0, 0.1) is 6.92 Å². The molecule has 1 fully saturated rings. The Morgan fingerprint density at radius 3 is 2.63 bits per heavy atom. The van der Waals surface area contributed by atoms with Gasteiger partial charge in [-0.25, -0.2) is 0 Å². The largest absolute Gasteiger partial charge is 0.145 e. The zero-order chi connectivity index (χ0) is 12.9. The Labute approximate surface area is 119 Å². The first-order valence-electron chi connectivity index (χ1n) is 7.16. The molecule has 1 atom stereocenters. The number of aryl methyl sites for hydroxylation is 1. The number of hydrogen-bond acceptors (Lipinski definition) is 1. The average Bonchev–Trinajstić information content (AvgIpc) is 2.71. The van der Waals surface area contributed by atoms with E-state index in [4.69, 9.17) is 0 Å². The zero-order valence-electron chi connectivity index (χ0n) is 11.3. The fraction of sp³-hybridized carbons (Fsp3) is 0.333. The Morgan fingerprint density at radius 1 is 0.947 bits per heavy atom. The molecular weight excluding hydrogens is 248 g/mol. The van der Waals surface area contributed by atoms with E-state index >= 15 is 0 Å². The lowest BCUT2D eigenvalue weighted by Gasteiger charge is -2.35. The summed E-state index contributed by atoms with van der Waals surface area (Å²) in [5, 5.41) is 0. The third-order valence-corrected chi connectivity index (χ3v) is 6.16. The summed E-state index contributed by atoms with van der Waals surface area (Å²) in [6.07, 6.45) is 4.02. The molecule has 2 aromatic rings. The van der Waals surface area contributed by atoms with Gasteiger partial charge in [-0.05, 0) is 47.8 Å². The summed E-state index contributed by atoms with van der Waals surface area (Å²) in [7, 11) is 0. The van der Waals surface area contributed by atoms with Crippen LogP contribution in [0.5, 0.6) is 0 Å². The van der Waals surface area contributed by atoms with Crippen LogP contribution in [0.4, 0.5) is 0 Å². The van der Waals surface area contributed by atoms with Gasteiger partial charge < -0.3 is 0 Å². The Hall–Kier alpha value is -1.21. The predicted molar refractivity (Wildman–Crippen MR) is 83.7 cm³/mol. The van der Waals surface area contributed by atoms with E-state index in [0.29, 0.717) is 0 Å². The van der Waals surface area contributed by atoms with Gasteiger partial charge in [-0.1, -0.05) is 54.4 Å². The van der Waals surface area contributed by atoms with E-state index in [9.17, 15) is 0 Å². The maximum absolute atomic E-state index is 2.42. The van der Waals surface area contributed by atoms with Crippen LogP contribution in [0.15, 0.2) is 42.5 Å². The highest BCUT2D eigenvalue weighted by Gasteiger charge is 2.44. The van der Waals surface area contributed by atoms with Crippen molar-refractivity contribution >= 4 is 11.8 Å². The van der Waals surface area contributed by atoms with Crippen molar-refractivity contribution < 1.29 is 0 Å². The normalized spacial score (nSPS) is 24.3. The Balaban J connectivity index is 2.03. The molecule has 0 N–H and O–H groups in total. The van der Waals surface area contributed by atoms with Crippen LogP contribution in [-0.2, 0) is 4.75 Å². The second kappa shape index (κ2) is 4.14. The van der Waals surface area contributed by atoms with E-state index in [2.05, 4.69) is 61.2 Å². The number of fused-ring (bicyclic) bond motifs is 5. The maximum Gasteiger partial charge on any atom is 0.0669 e. The monoisotopic (exact) mass is 266 g/mol. The standard InChI is InChI=1S/C18H18S/c1-13-8-9-15-14-6-2-3-7-16(14)18(17(15)12-13)10-4-5-11-19-18/h2-3,6-9,12H,4-5,10-11H2,1H3. The highest BCUT2D eigenvalue weighted by atomic mass is 32.2. The molecule has 1 unspecified atom stereocenters. The minimum atomic E-state index is 0.246.